The maximum Gasteiger partial charge on any atom is 0.244 e. The third kappa shape index (κ3) is 6.82. The molecular weight excluding hydrogens is 437 g/mol. The fourth-order valence-corrected chi connectivity index (χ4v) is 4.73. The number of sulfonamides is 1. The van der Waals surface area contributed by atoms with Crippen molar-refractivity contribution in [2.75, 3.05) is 5.32 Å². The molecule has 2 radical (unpaired) electrons. The van der Waals surface area contributed by atoms with Crippen LogP contribution in [0.2, 0.25) is 11.3 Å². The monoisotopic (exact) mass is 461 g/mol. The molecule has 0 bridgehead atoms. The van der Waals surface area contributed by atoms with E-state index in [1.54, 1.807) is 24.3 Å². The highest BCUT2D eigenvalue weighted by molar-refractivity contribution is 7.89. The fourth-order valence-electron chi connectivity index (χ4n) is 3.01. The van der Waals surface area contributed by atoms with Gasteiger partial charge in [-0.15, -0.1) is 0 Å². The highest BCUT2D eigenvalue weighted by Crippen LogP contribution is 2.26. The van der Waals surface area contributed by atoms with E-state index in [1.807, 2.05) is 13.8 Å². The van der Waals surface area contributed by atoms with Crippen molar-refractivity contribution in [2.24, 2.45) is 11.7 Å². The molecule has 0 fully saturated rings. The zero-order valence-electron chi connectivity index (χ0n) is 17.4. The summed E-state index contributed by atoms with van der Waals surface area (Å²) >= 11 is 5.89. The molecule has 1 atom stereocenters. The van der Waals surface area contributed by atoms with Crippen molar-refractivity contribution in [3.05, 3.63) is 59.1 Å². The van der Waals surface area contributed by atoms with Crippen LogP contribution in [0.25, 0.3) is 0 Å². The van der Waals surface area contributed by atoms with Crippen LogP contribution in [0.3, 0.4) is 0 Å². The van der Waals surface area contributed by atoms with E-state index in [-0.39, 0.29) is 36.0 Å². The van der Waals surface area contributed by atoms with Gasteiger partial charge in [0, 0.05) is 17.3 Å². The second kappa shape index (κ2) is 10.8. The summed E-state index contributed by atoms with van der Waals surface area (Å²) in [6.45, 7) is 3.70. The van der Waals surface area contributed by atoms with Crippen LogP contribution in [-0.4, -0.2) is 38.4 Å². The molecule has 0 aliphatic rings. The third-order valence-electron chi connectivity index (χ3n) is 4.55. The second-order valence-electron chi connectivity index (χ2n) is 7.50. The van der Waals surface area contributed by atoms with Crippen LogP contribution in [0, 0.1) is 5.92 Å². The Balaban J connectivity index is 2.43. The molecule has 0 aliphatic carbocycles. The van der Waals surface area contributed by atoms with Gasteiger partial charge in [0.05, 0.1) is 12.7 Å². The number of amides is 2. The Morgan fingerprint density at radius 3 is 2.16 bits per heavy atom. The predicted octanol–water partition coefficient (Wildman–Crippen LogP) is 2.96. The van der Waals surface area contributed by atoms with Crippen molar-refractivity contribution in [3.63, 3.8) is 0 Å². The SMILES string of the molecule is [B]CC(=O)Nc1ccc(CN([C@H](CC(C)C)C(N)=O)S(=O)(=O)c2ccc(Cl)cc2)cc1. The van der Waals surface area contributed by atoms with E-state index in [0.29, 0.717) is 16.3 Å². The summed E-state index contributed by atoms with van der Waals surface area (Å²) in [5.41, 5.74) is 6.76. The van der Waals surface area contributed by atoms with Crippen LogP contribution in [0.15, 0.2) is 53.4 Å². The molecular formula is C21H25BClN3O4S. The van der Waals surface area contributed by atoms with E-state index in [1.165, 1.54) is 24.3 Å². The van der Waals surface area contributed by atoms with Crippen LogP contribution in [0.4, 0.5) is 5.69 Å². The normalized spacial score (nSPS) is 12.7. The summed E-state index contributed by atoms with van der Waals surface area (Å²) in [6.07, 6.45) is 0.122. The summed E-state index contributed by atoms with van der Waals surface area (Å²) in [7, 11) is 1.24. The molecule has 7 nitrogen and oxygen atoms in total. The Kier molecular flexibility index (Phi) is 8.67. The molecule has 31 heavy (non-hydrogen) atoms. The van der Waals surface area contributed by atoms with Crippen molar-refractivity contribution in [1.82, 2.24) is 4.31 Å². The number of primary amides is 1. The molecule has 0 saturated heterocycles. The van der Waals surface area contributed by atoms with E-state index in [2.05, 4.69) is 5.32 Å². The Morgan fingerprint density at radius 2 is 1.68 bits per heavy atom. The van der Waals surface area contributed by atoms with Gasteiger partial charge in [-0.05, 0) is 60.6 Å². The first-order valence-corrected chi connectivity index (χ1v) is 11.5. The summed E-state index contributed by atoms with van der Waals surface area (Å²) in [6, 6.07) is 11.3. The minimum atomic E-state index is -4.05. The minimum Gasteiger partial charge on any atom is -0.368 e. The first-order chi connectivity index (χ1) is 14.5. The average Bonchev–Trinajstić information content (AvgIpc) is 2.71. The van der Waals surface area contributed by atoms with Crippen LogP contribution in [0.1, 0.15) is 25.8 Å². The van der Waals surface area contributed by atoms with E-state index in [9.17, 15) is 18.0 Å². The quantitative estimate of drug-likeness (QED) is 0.530. The van der Waals surface area contributed by atoms with Gasteiger partial charge in [-0.1, -0.05) is 37.6 Å². The van der Waals surface area contributed by atoms with Crippen molar-refractivity contribution in [2.45, 2.75) is 44.1 Å². The fraction of sp³-hybridized carbons (Fsp3) is 0.333. The number of hydrogen-bond donors (Lipinski definition) is 2. The number of nitrogens with two attached hydrogens (primary N) is 1. The molecule has 2 amide bonds. The van der Waals surface area contributed by atoms with Gasteiger partial charge in [0.2, 0.25) is 21.8 Å². The smallest absolute Gasteiger partial charge is 0.244 e. The molecule has 2 rings (SSSR count). The molecule has 0 aliphatic heterocycles. The lowest BCUT2D eigenvalue weighted by Crippen LogP contribution is -2.48. The summed E-state index contributed by atoms with van der Waals surface area (Å²) in [4.78, 5) is 23.7. The highest BCUT2D eigenvalue weighted by atomic mass is 35.5. The number of carbonyl (C=O) groups is 2. The van der Waals surface area contributed by atoms with Gasteiger partial charge in [0.25, 0.3) is 0 Å². The van der Waals surface area contributed by atoms with E-state index in [4.69, 9.17) is 25.2 Å². The first kappa shape index (κ1) is 24.9. The molecule has 0 aromatic heterocycles. The molecule has 0 heterocycles. The standard InChI is InChI=1S/C21H25BClN3O4S/c1-14(2)11-19(21(24)28)26(31(29,30)18-9-5-16(23)6-10-18)13-15-3-7-17(8-4-15)25-20(27)12-22/h3-10,14,19H,11-13H2,1-2H3,(H2,24,28)(H,25,27)/t19-/m1/s1. The number of nitrogens with one attached hydrogen (secondary N) is 1. The Labute approximate surface area is 189 Å². The van der Waals surface area contributed by atoms with Crippen LogP contribution in [0.5, 0.6) is 0 Å². The van der Waals surface area contributed by atoms with E-state index in [0.717, 1.165) is 4.31 Å². The summed E-state index contributed by atoms with van der Waals surface area (Å²) in [5.74, 6) is -1.03. The third-order valence-corrected chi connectivity index (χ3v) is 6.67. The molecule has 164 valence electrons. The molecule has 2 aromatic rings. The highest BCUT2D eigenvalue weighted by Gasteiger charge is 2.35. The Bertz CT molecular complexity index is 1010. The molecule has 0 unspecified atom stereocenters. The van der Waals surface area contributed by atoms with Gasteiger partial charge < -0.3 is 11.1 Å². The van der Waals surface area contributed by atoms with E-state index < -0.39 is 22.0 Å². The molecule has 2 aromatic carbocycles. The number of anilines is 1. The van der Waals surface area contributed by atoms with Crippen LogP contribution < -0.4 is 11.1 Å². The van der Waals surface area contributed by atoms with Gasteiger partial charge in [-0.3, -0.25) is 9.59 Å². The average molecular weight is 462 g/mol. The van der Waals surface area contributed by atoms with Gasteiger partial charge >= 0.3 is 0 Å². The van der Waals surface area contributed by atoms with Crippen LogP contribution >= 0.6 is 11.6 Å². The summed E-state index contributed by atoms with van der Waals surface area (Å²) < 4.78 is 28.0. The molecule has 0 spiro atoms. The van der Waals surface area contributed by atoms with Gasteiger partial charge in [0.15, 0.2) is 0 Å². The zero-order chi connectivity index (χ0) is 23.2. The number of halogens is 1. The lowest BCUT2D eigenvalue weighted by Gasteiger charge is -2.30. The second-order valence-corrected chi connectivity index (χ2v) is 9.83. The van der Waals surface area contributed by atoms with Gasteiger partial charge in [-0.2, -0.15) is 4.31 Å². The number of rotatable bonds is 10. The minimum absolute atomic E-state index is 0.0127. The Morgan fingerprint density at radius 1 is 1.10 bits per heavy atom. The van der Waals surface area contributed by atoms with Crippen LogP contribution in [-0.2, 0) is 26.2 Å². The Hall–Kier alpha value is -2.36. The maximum atomic E-state index is 13.4. The first-order valence-electron chi connectivity index (χ1n) is 9.70. The van der Waals surface area contributed by atoms with Crippen molar-refractivity contribution in [1.29, 1.82) is 0 Å². The maximum absolute atomic E-state index is 13.4. The zero-order valence-corrected chi connectivity index (χ0v) is 19.0. The van der Waals surface area contributed by atoms with Crippen molar-refractivity contribution < 1.29 is 18.0 Å². The number of hydrogen-bond acceptors (Lipinski definition) is 4. The number of benzene rings is 2. The predicted molar refractivity (Wildman–Crippen MR) is 122 cm³/mol. The van der Waals surface area contributed by atoms with Crippen molar-refractivity contribution in [3.8, 4) is 0 Å². The summed E-state index contributed by atoms with van der Waals surface area (Å²) in [5, 5.41) is 3.02. The van der Waals surface area contributed by atoms with Gasteiger partial charge in [-0.25, -0.2) is 8.42 Å². The van der Waals surface area contributed by atoms with Crippen molar-refractivity contribution >= 4 is 47.0 Å². The van der Waals surface area contributed by atoms with E-state index >= 15 is 0 Å². The largest absolute Gasteiger partial charge is 0.368 e. The molecule has 0 saturated carbocycles. The van der Waals surface area contributed by atoms with Gasteiger partial charge in [0.1, 0.15) is 6.04 Å². The topological polar surface area (TPSA) is 110 Å². The number of carbonyl (C=O) groups excluding carboxylic acids is 2. The number of nitrogens with zero attached hydrogens (tertiary/aromatic N) is 1. The molecule has 3 N–H and O–H groups in total. The lowest BCUT2D eigenvalue weighted by molar-refractivity contribution is -0.122. The lowest BCUT2D eigenvalue weighted by atomic mass is 10.0. The molecule has 10 heteroatoms.